The normalized spacial score (nSPS) is 16.1. The summed E-state index contributed by atoms with van der Waals surface area (Å²) in [6, 6.07) is 0. The minimum absolute atomic E-state index is 0.328. The lowest BCUT2D eigenvalue weighted by Gasteiger charge is -2.25. The molecule has 1 aliphatic carbocycles. The molecule has 1 aliphatic rings. The van der Waals surface area contributed by atoms with E-state index in [1.807, 2.05) is 0 Å². The van der Waals surface area contributed by atoms with E-state index in [1.165, 1.54) is 5.57 Å². The lowest BCUT2D eigenvalue weighted by atomic mass is 10.1. The molecular formula is C18H31NO. The van der Waals surface area contributed by atoms with Crippen molar-refractivity contribution in [3.63, 3.8) is 0 Å². The highest BCUT2D eigenvalue weighted by atomic mass is 16.2. The first kappa shape index (κ1) is 17.0. The number of carbonyl (C=O) groups excluding carboxylic acids is 1. The summed E-state index contributed by atoms with van der Waals surface area (Å²) in [5.41, 5.74) is 1.32. The molecule has 1 fully saturated rings. The van der Waals surface area contributed by atoms with Crippen molar-refractivity contribution in [1.82, 2.24) is 4.90 Å². The third-order valence-electron chi connectivity index (χ3n) is 3.49. The molecule has 0 bridgehead atoms. The van der Waals surface area contributed by atoms with Gasteiger partial charge in [0.2, 0.25) is 5.91 Å². The van der Waals surface area contributed by atoms with Crippen LogP contribution < -0.4 is 0 Å². The van der Waals surface area contributed by atoms with Gasteiger partial charge in [0.15, 0.2) is 0 Å². The molecule has 0 N–H and O–H groups in total. The van der Waals surface area contributed by atoms with E-state index in [-0.39, 0.29) is 0 Å². The fourth-order valence-corrected chi connectivity index (χ4v) is 2.34. The zero-order valence-electron chi connectivity index (χ0n) is 13.7. The Bertz CT molecular complexity index is 350. The van der Waals surface area contributed by atoms with Crippen LogP contribution in [0, 0.1) is 11.8 Å². The maximum atomic E-state index is 12.3. The van der Waals surface area contributed by atoms with Crippen LogP contribution in [0.3, 0.4) is 0 Å². The van der Waals surface area contributed by atoms with Crippen LogP contribution in [0.25, 0.3) is 0 Å². The molecule has 0 radical (unpaired) electrons. The monoisotopic (exact) mass is 277 g/mol. The highest BCUT2D eigenvalue weighted by molar-refractivity contribution is 5.81. The Morgan fingerprint density at radius 1 is 1.25 bits per heavy atom. The molecular weight excluding hydrogens is 246 g/mol. The Hall–Kier alpha value is -1.05. The predicted octanol–water partition coefficient (Wildman–Crippen LogP) is 4.57. The quantitative estimate of drug-likeness (QED) is 0.446. The zero-order chi connectivity index (χ0) is 15.0. The summed E-state index contributed by atoms with van der Waals surface area (Å²) in [6.45, 7) is 10.4. The van der Waals surface area contributed by atoms with Crippen molar-refractivity contribution in [1.29, 1.82) is 0 Å². The van der Waals surface area contributed by atoms with E-state index in [1.54, 1.807) is 0 Å². The highest BCUT2D eigenvalue weighted by Gasteiger charge is 2.33. The predicted molar refractivity (Wildman–Crippen MR) is 86.6 cm³/mol. The van der Waals surface area contributed by atoms with Crippen LogP contribution in [0.5, 0.6) is 0 Å². The standard InChI is InChI=1S/C18H31NO/c1-5-6-7-8-9-10-16(4)14-19(13-15(2)3)18(20)17-11-12-17/h6-7,10,15,17H,5,8-9,11-14H2,1-4H3/b7-6-,16-10-. The molecule has 2 nitrogen and oxygen atoms in total. The van der Waals surface area contributed by atoms with Gasteiger partial charge in [-0.3, -0.25) is 4.79 Å². The van der Waals surface area contributed by atoms with Gasteiger partial charge in [0, 0.05) is 19.0 Å². The van der Waals surface area contributed by atoms with Crippen molar-refractivity contribution in [2.45, 2.75) is 59.8 Å². The van der Waals surface area contributed by atoms with Crippen molar-refractivity contribution in [2.75, 3.05) is 13.1 Å². The number of nitrogens with zero attached hydrogens (tertiary/aromatic N) is 1. The molecule has 0 unspecified atom stereocenters. The van der Waals surface area contributed by atoms with Crippen LogP contribution in [0.4, 0.5) is 0 Å². The minimum Gasteiger partial charge on any atom is -0.338 e. The Morgan fingerprint density at radius 2 is 1.95 bits per heavy atom. The summed E-state index contributed by atoms with van der Waals surface area (Å²) < 4.78 is 0. The van der Waals surface area contributed by atoms with Gasteiger partial charge in [-0.15, -0.1) is 0 Å². The fraction of sp³-hybridized carbons (Fsp3) is 0.722. The second-order valence-corrected chi connectivity index (χ2v) is 6.39. The minimum atomic E-state index is 0.328. The number of unbranched alkanes of at least 4 members (excludes halogenated alkanes) is 1. The molecule has 0 heterocycles. The SMILES string of the molecule is CC/C=C\CC/C=C(/C)CN(CC(C)C)C(=O)C1CC1. The van der Waals surface area contributed by atoms with Gasteiger partial charge in [-0.1, -0.05) is 44.6 Å². The smallest absolute Gasteiger partial charge is 0.225 e. The Morgan fingerprint density at radius 3 is 2.50 bits per heavy atom. The Kier molecular flexibility index (Phi) is 7.64. The van der Waals surface area contributed by atoms with Crippen molar-refractivity contribution in [2.24, 2.45) is 11.8 Å². The van der Waals surface area contributed by atoms with Gasteiger partial charge in [0.05, 0.1) is 0 Å². The first-order valence-electron chi connectivity index (χ1n) is 8.14. The number of allylic oxidation sites excluding steroid dienone is 3. The molecule has 0 aliphatic heterocycles. The topological polar surface area (TPSA) is 20.3 Å². The number of rotatable bonds is 9. The zero-order valence-corrected chi connectivity index (χ0v) is 13.7. The molecule has 0 aromatic carbocycles. The highest BCUT2D eigenvalue weighted by Crippen LogP contribution is 2.31. The van der Waals surface area contributed by atoms with E-state index >= 15 is 0 Å². The molecule has 0 atom stereocenters. The first-order valence-corrected chi connectivity index (χ1v) is 8.14. The number of carbonyl (C=O) groups is 1. The van der Waals surface area contributed by atoms with Gasteiger partial charge in [0.1, 0.15) is 0 Å². The average molecular weight is 277 g/mol. The summed E-state index contributed by atoms with van der Waals surface area (Å²) in [6.07, 6.45) is 12.2. The number of hydrogen-bond acceptors (Lipinski definition) is 1. The summed E-state index contributed by atoms with van der Waals surface area (Å²) in [5, 5.41) is 0. The van der Waals surface area contributed by atoms with Crippen LogP contribution in [0.1, 0.15) is 59.8 Å². The van der Waals surface area contributed by atoms with Crippen LogP contribution in [-0.2, 0) is 4.79 Å². The van der Waals surface area contributed by atoms with E-state index in [4.69, 9.17) is 0 Å². The van der Waals surface area contributed by atoms with Crippen molar-refractivity contribution < 1.29 is 4.79 Å². The van der Waals surface area contributed by atoms with E-state index in [2.05, 4.69) is 50.8 Å². The number of amides is 1. The summed E-state index contributed by atoms with van der Waals surface area (Å²) in [4.78, 5) is 14.3. The van der Waals surface area contributed by atoms with E-state index in [0.29, 0.717) is 17.7 Å². The average Bonchev–Trinajstić information content (AvgIpc) is 3.20. The molecule has 0 saturated heterocycles. The summed E-state index contributed by atoms with van der Waals surface area (Å²) >= 11 is 0. The van der Waals surface area contributed by atoms with Gasteiger partial charge in [0.25, 0.3) is 0 Å². The maximum Gasteiger partial charge on any atom is 0.225 e. The first-order chi connectivity index (χ1) is 9.54. The van der Waals surface area contributed by atoms with Gasteiger partial charge in [-0.2, -0.15) is 0 Å². The molecule has 114 valence electrons. The second kappa shape index (κ2) is 8.99. The molecule has 2 heteroatoms. The third kappa shape index (κ3) is 6.93. The van der Waals surface area contributed by atoms with Crippen LogP contribution in [-0.4, -0.2) is 23.9 Å². The third-order valence-corrected chi connectivity index (χ3v) is 3.49. The number of hydrogen-bond donors (Lipinski definition) is 0. The molecule has 1 rings (SSSR count). The van der Waals surface area contributed by atoms with Crippen LogP contribution in [0.2, 0.25) is 0 Å². The lowest BCUT2D eigenvalue weighted by Crippen LogP contribution is -2.36. The molecule has 0 aromatic heterocycles. The van der Waals surface area contributed by atoms with Crippen LogP contribution >= 0.6 is 0 Å². The van der Waals surface area contributed by atoms with Gasteiger partial charge in [-0.05, 0) is 44.9 Å². The van der Waals surface area contributed by atoms with Gasteiger partial charge >= 0.3 is 0 Å². The molecule has 1 saturated carbocycles. The second-order valence-electron chi connectivity index (χ2n) is 6.39. The Labute approximate surface area is 124 Å². The molecule has 1 amide bonds. The fourth-order valence-electron chi connectivity index (χ4n) is 2.34. The largest absolute Gasteiger partial charge is 0.338 e. The van der Waals surface area contributed by atoms with E-state index < -0.39 is 0 Å². The molecule has 20 heavy (non-hydrogen) atoms. The van der Waals surface area contributed by atoms with Gasteiger partial charge in [-0.25, -0.2) is 0 Å². The van der Waals surface area contributed by atoms with E-state index in [0.717, 1.165) is 45.2 Å². The van der Waals surface area contributed by atoms with Crippen LogP contribution in [0.15, 0.2) is 23.8 Å². The van der Waals surface area contributed by atoms with Gasteiger partial charge < -0.3 is 4.90 Å². The summed E-state index contributed by atoms with van der Waals surface area (Å²) in [5.74, 6) is 1.24. The molecule has 0 aromatic rings. The lowest BCUT2D eigenvalue weighted by molar-refractivity contribution is -0.132. The van der Waals surface area contributed by atoms with Crippen molar-refractivity contribution >= 4 is 5.91 Å². The maximum absolute atomic E-state index is 12.3. The Balaban J connectivity index is 2.43. The summed E-state index contributed by atoms with van der Waals surface area (Å²) in [7, 11) is 0. The van der Waals surface area contributed by atoms with E-state index in [9.17, 15) is 4.79 Å². The molecule has 0 spiro atoms. The van der Waals surface area contributed by atoms with Crippen molar-refractivity contribution in [3.8, 4) is 0 Å². The van der Waals surface area contributed by atoms with Crippen molar-refractivity contribution in [3.05, 3.63) is 23.8 Å².